The van der Waals surface area contributed by atoms with Crippen molar-refractivity contribution in [3.05, 3.63) is 30.3 Å². The van der Waals surface area contributed by atoms with E-state index in [-0.39, 0.29) is 23.4 Å². The van der Waals surface area contributed by atoms with Crippen LogP contribution in [0.4, 0.5) is 5.69 Å². The minimum Gasteiger partial charge on any atom is -0.350 e. The van der Waals surface area contributed by atoms with Gasteiger partial charge in [0.1, 0.15) is 0 Å². The molecule has 0 bridgehead atoms. The molecule has 0 saturated carbocycles. The number of amides is 2. The number of rotatable bonds is 5. The first-order valence-electron chi connectivity index (χ1n) is 9.38. The van der Waals surface area contributed by atoms with E-state index in [1.165, 1.54) is 0 Å². The average molecular weight is 361 g/mol. The zero-order chi connectivity index (χ0) is 19.2. The van der Waals surface area contributed by atoms with Gasteiger partial charge in [-0.25, -0.2) is 0 Å². The monoisotopic (exact) mass is 360 g/mol. The molecule has 2 amide bonds. The molecule has 6 nitrogen and oxygen atoms in total. The van der Waals surface area contributed by atoms with Crippen LogP contribution in [0.15, 0.2) is 30.3 Å². The molecule has 1 saturated heterocycles. The van der Waals surface area contributed by atoms with Crippen LogP contribution >= 0.6 is 0 Å². The van der Waals surface area contributed by atoms with Crippen LogP contribution < -0.4 is 10.6 Å². The van der Waals surface area contributed by atoms with E-state index in [1.807, 2.05) is 58.0 Å². The van der Waals surface area contributed by atoms with Crippen molar-refractivity contribution in [1.29, 1.82) is 0 Å². The van der Waals surface area contributed by atoms with E-state index in [2.05, 4.69) is 20.4 Å². The van der Waals surface area contributed by atoms with Gasteiger partial charge in [-0.2, -0.15) is 0 Å². The molecule has 1 atom stereocenters. The molecule has 1 aliphatic heterocycles. The molecule has 1 aromatic rings. The van der Waals surface area contributed by atoms with Gasteiger partial charge in [-0.3, -0.25) is 19.4 Å². The number of nitrogens with zero attached hydrogens (tertiary/aromatic N) is 2. The summed E-state index contributed by atoms with van der Waals surface area (Å²) < 4.78 is 0. The van der Waals surface area contributed by atoms with Gasteiger partial charge in [0.2, 0.25) is 11.8 Å². The Morgan fingerprint density at radius 3 is 2.42 bits per heavy atom. The molecule has 0 aliphatic carbocycles. The highest BCUT2D eigenvalue weighted by atomic mass is 16.2. The van der Waals surface area contributed by atoms with Gasteiger partial charge in [0, 0.05) is 30.9 Å². The number of nitrogens with one attached hydrogen (secondary N) is 2. The molecule has 144 valence electrons. The summed E-state index contributed by atoms with van der Waals surface area (Å²) in [7, 11) is 0. The van der Waals surface area contributed by atoms with Crippen molar-refractivity contribution in [1.82, 2.24) is 15.1 Å². The Balaban J connectivity index is 1.83. The topological polar surface area (TPSA) is 64.7 Å². The van der Waals surface area contributed by atoms with E-state index >= 15 is 0 Å². The first kappa shape index (κ1) is 20.4. The quantitative estimate of drug-likeness (QED) is 0.842. The van der Waals surface area contributed by atoms with E-state index in [4.69, 9.17) is 0 Å². The smallest absolute Gasteiger partial charge is 0.241 e. The summed E-state index contributed by atoms with van der Waals surface area (Å²) in [5, 5.41) is 5.98. The van der Waals surface area contributed by atoms with Crippen LogP contribution in [0.2, 0.25) is 0 Å². The van der Waals surface area contributed by atoms with Gasteiger partial charge in [-0.1, -0.05) is 18.2 Å². The summed E-state index contributed by atoms with van der Waals surface area (Å²) in [6.07, 6.45) is 0.950. The third-order valence-corrected chi connectivity index (χ3v) is 4.47. The Bertz CT molecular complexity index is 598. The normalized spacial score (nSPS) is 18.0. The van der Waals surface area contributed by atoms with Gasteiger partial charge in [0.25, 0.3) is 0 Å². The predicted octanol–water partition coefficient (Wildman–Crippen LogP) is 1.94. The molecule has 1 fully saturated rings. The number of carbonyl (C=O) groups is 2. The summed E-state index contributed by atoms with van der Waals surface area (Å²) in [6.45, 7) is 11.6. The van der Waals surface area contributed by atoms with Crippen LogP contribution in [0.25, 0.3) is 0 Å². The van der Waals surface area contributed by atoms with Crippen molar-refractivity contribution in [3.63, 3.8) is 0 Å². The van der Waals surface area contributed by atoms with Crippen molar-refractivity contribution in [2.45, 2.75) is 45.7 Å². The Morgan fingerprint density at radius 2 is 1.77 bits per heavy atom. The zero-order valence-electron chi connectivity index (χ0n) is 16.4. The summed E-state index contributed by atoms with van der Waals surface area (Å²) in [4.78, 5) is 29.0. The van der Waals surface area contributed by atoms with Crippen LogP contribution in [-0.2, 0) is 9.59 Å². The number of hydrogen-bond acceptors (Lipinski definition) is 4. The molecule has 1 heterocycles. The van der Waals surface area contributed by atoms with E-state index in [9.17, 15) is 9.59 Å². The van der Waals surface area contributed by atoms with Crippen molar-refractivity contribution in [2.75, 3.05) is 38.0 Å². The molecule has 6 heteroatoms. The Morgan fingerprint density at radius 1 is 1.08 bits per heavy atom. The molecule has 2 rings (SSSR count). The van der Waals surface area contributed by atoms with E-state index in [1.54, 1.807) is 0 Å². The number of hydrogen-bond donors (Lipinski definition) is 2. The maximum Gasteiger partial charge on any atom is 0.241 e. The van der Waals surface area contributed by atoms with E-state index in [0.29, 0.717) is 6.54 Å². The van der Waals surface area contributed by atoms with Gasteiger partial charge in [0.15, 0.2) is 0 Å². The minimum atomic E-state index is -0.209. The molecule has 0 aromatic heterocycles. The largest absolute Gasteiger partial charge is 0.350 e. The second-order valence-corrected chi connectivity index (χ2v) is 8.00. The molecule has 1 aromatic carbocycles. The molecule has 2 N–H and O–H groups in total. The van der Waals surface area contributed by atoms with Crippen LogP contribution in [0.5, 0.6) is 0 Å². The molecular formula is C20H32N4O2. The molecule has 0 radical (unpaired) electrons. The maximum atomic E-state index is 12.5. The molecule has 1 aliphatic rings. The lowest BCUT2D eigenvalue weighted by Crippen LogP contribution is -2.47. The molecular weight excluding hydrogens is 328 g/mol. The fourth-order valence-electron chi connectivity index (χ4n) is 3.13. The third-order valence-electron chi connectivity index (χ3n) is 4.47. The second-order valence-electron chi connectivity index (χ2n) is 8.00. The lowest BCUT2D eigenvalue weighted by Gasteiger charge is -2.27. The van der Waals surface area contributed by atoms with Gasteiger partial charge >= 0.3 is 0 Å². The highest BCUT2D eigenvalue weighted by Gasteiger charge is 2.25. The van der Waals surface area contributed by atoms with Crippen molar-refractivity contribution in [3.8, 4) is 0 Å². The van der Waals surface area contributed by atoms with Gasteiger partial charge < -0.3 is 10.6 Å². The maximum absolute atomic E-state index is 12.5. The van der Waals surface area contributed by atoms with Gasteiger partial charge in [0.05, 0.1) is 12.6 Å². The molecule has 0 unspecified atom stereocenters. The number of anilines is 1. The first-order valence-corrected chi connectivity index (χ1v) is 9.38. The van der Waals surface area contributed by atoms with Crippen LogP contribution in [-0.4, -0.2) is 65.9 Å². The minimum absolute atomic E-state index is 0.00938. The number of para-hydroxylation sites is 1. The molecule has 0 spiro atoms. The van der Waals surface area contributed by atoms with Crippen LogP contribution in [0.3, 0.4) is 0 Å². The zero-order valence-corrected chi connectivity index (χ0v) is 16.4. The SMILES string of the molecule is C[C@H](C(=O)Nc1ccccc1)N1CCCN(CC(=O)NC(C)(C)C)CC1. The third kappa shape index (κ3) is 6.77. The van der Waals surface area contributed by atoms with Crippen molar-refractivity contribution >= 4 is 17.5 Å². The number of benzene rings is 1. The van der Waals surface area contributed by atoms with Crippen LogP contribution in [0, 0.1) is 0 Å². The molecule has 26 heavy (non-hydrogen) atoms. The van der Waals surface area contributed by atoms with Gasteiger partial charge in [-0.05, 0) is 52.8 Å². The fraction of sp³-hybridized carbons (Fsp3) is 0.600. The van der Waals surface area contributed by atoms with E-state index < -0.39 is 0 Å². The highest BCUT2D eigenvalue weighted by molar-refractivity contribution is 5.94. The Labute approximate surface area is 156 Å². The number of carbonyl (C=O) groups excluding carboxylic acids is 2. The summed E-state index contributed by atoms with van der Waals surface area (Å²) >= 11 is 0. The summed E-state index contributed by atoms with van der Waals surface area (Å²) in [6, 6.07) is 9.33. The van der Waals surface area contributed by atoms with Gasteiger partial charge in [-0.15, -0.1) is 0 Å². The second kappa shape index (κ2) is 9.14. The lowest BCUT2D eigenvalue weighted by atomic mass is 10.1. The Hall–Kier alpha value is -1.92. The first-order chi connectivity index (χ1) is 12.2. The lowest BCUT2D eigenvalue weighted by molar-refractivity contribution is -0.124. The van der Waals surface area contributed by atoms with Crippen LogP contribution in [0.1, 0.15) is 34.1 Å². The van der Waals surface area contributed by atoms with Crippen molar-refractivity contribution < 1.29 is 9.59 Å². The summed E-state index contributed by atoms with van der Waals surface area (Å²) in [5.41, 5.74) is 0.610. The van der Waals surface area contributed by atoms with E-state index in [0.717, 1.165) is 38.3 Å². The van der Waals surface area contributed by atoms with Crippen molar-refractivity contribution in [2.24, 2.45) is 0 Å². The summed E-state index contributed by atoms with van der Waals surface area (Å²) in [5.74, 6) is 0.0657. The highest BCUT2D eigenvalue weighted by Crippen LogP contribution is 2.11. The standard InChI is InChI=1S/C20H32N4O2/c1-16(19(26)21-17-9-6-5-7-10-17)24-12-8-11-23(13-14-24)15-18(25)22-20(2,3)4/h5-7,9-10,16H,8,11-15H2,1-4H3,(H,21,26)(H,22,25)/t16-/m1/s1. The Kier molecular flexibility index (Phi) is 7.17. The fourth-order valence-corrected chi connectivity index (χ4v) is 3.13. The average Bonchev–Trinajstić information content (AvgIpc) is 2.79. The predicted molar refractivity (Wildman–Crippen MR) is 105 cm³/mol.